The van der Waals surface area contributed by atoms with Gasteiger partial charge in [0.05, 0.1) is 23.6 Å². The normalized spacial score (nSPS) is 24.6. The first kappa shape index (κ1) is 16.1. The summed E-state index contributed by atoms with van der Waals surface area (Å²) in [6.07, 6.45) is -2.67. The number of hydrogen-bond acceptors (Lipinski definition) is 7. The maximum absolute atomic E-state index is 10.8. The van der Waals surface area contributed by atoms with Crippen LogP contribution in [0.4, 0.5) is 5.69 Å². The highest BCUT2D eigenvalue weighted by molar-refractivity contribution is 5.85. The van der Waals surface area contributed by atoms with Gasteiger partial charge in [-0.15, -0.1) is 0 Å². The fraction of sp³-hybridized carbons (Fsp3) is 0.357. The molecule has 0 saturated heterocycles. The van der Waals surface area contributed by atoms with Crippen molar-refractivity contribution in [1.82, 2.24) is 0 Å². The van der Waals surface area contributed by atoms with Crippen LogP contribution in [-0.4, -0.2) is 39.4 Å². The molecule has 0 aromatic heterocycles. The Morgan fingerprint density at radius 1 is 1.41 bits per heavy atom. The molecule has 22 heavy (non-hydrogen) atoms. The molecule has 2 N–H and O–H groups in total. The number of hydrogen-bond donors (Lipinski definition) is 2. The van der Waals surface area contributed by atoms with E-state index in [0.717, 1.165) is 6.08 Å². The van der Waals surface area contributed by atoms with Crippen molar-refractivity contribution in [1.29, 1.82) is 0 Å². The van der Waals surface area contributed by atoms with Gasteiger partial charge in [-0.25, -0.2) is 0 Å². The van der Waals surface area contributed by atoms with Crippen molar-refractivity contribution in [3.8, 4) is 0 Å². The second kappa shape index (κ2) is 6.65. The molecule has 118 valence electrons. The highest BCUT2D eigenvalue weighted by Crippen LogP contribution is 2.23. The maximum Gasteiger partial charge on any atom is 0.269 e. The Morgan fingerprint density at radius 3 is 2.77 bits per heavy atom. The minimum Gasteiger partial charge on any atom is -0.545 e. The van der Waals surface area contributed by atoms with E-state index in [0.29, 0.717) is 5.56 Å². The summed E-state index contributed by atoms with van der Waals surface area (Å²) in [5.74, 6) is -1.44. The molecule has 2 rings (SSSR count). The Hall–Kier alpha value is -2.29. The van der Waals surface area contributed by atoms with E-state index in [9.17, 15) is 30.2 Å². The van der Waals surface area contributed by atoms with Crippen LogP contribution in [0.1, 0.15) is 12.0 Å². The number of nitrogens with zero attached hydrogens (tertiary/aromatic N) is 1. The number of nitro groups is 1. The van der Waals surface area contributed by atoms with Crippen molar-refractivity contribution in [2.75, 3.05) is 0 Å². The summed E-state index contributed by atoms with van der Waals surface area (Å²) in [6.45, 7) is -0.0591. The van der Waals surface area contributed by atoms with Crippen LogP contribution in [0, 0.1) is 10.1 Å². The SMILES string of the molecule is O=C([O-])C1=C[C@@H](O)[C@@H](O)[C@H](OCc2cccc([N+](=O)[O-])c2)C1. The third-order valence-corrected chi connectivity index (χ3v) is 3.37. The minimum absolute atomic E-state index is 0.0591. The Labute approximate surface area is 125 Å². The quantitative estimate of drug-likeness (QED) is 0.541. The fourth-order valence-corrected chi connectivity index (χ4v) is 2.20. The molecule has 1 aromatic rings. The van der Waals surface area contributed by atoms with Crippen molar-refractivity contribution >= 4 is 11.7 Å². The molecule has 0 spiro atoms. The van der Waals surface area contributed by atoms with Crippen molar-refractivity contribution in [3.05, 3.63) is 51.6 Å². The lowest BCUT2D eigenvalue weighted by molar-refractivity contribution is -0.385. The molecule has 0 unspecified atom stereocenters. The van der Waals surface area contributed by atoms with Crippen molar-refractivity contribution in [2.45, 2.75) is 31.3 Å². The summed E-state index contributed by atoms with van der Waals surface area (Å²) in [7, 11) is 0. The van der Waals surface area contributed by atoms with Crippen LogP contribution >= 0.6 is 0 Å². The molecule has 1 aliphatic carbocycles. The number of carbonyl (C=O) groups excluding carboxylic acids is 1. The molecule has 0 fully saturated rings. The van der Waals surface area contributed by atoms with Crippen LogP contribution in [-0.2, 0) is 16.1 Å². The second-order valence-corrected chi connectivity index (χ2v) is 4.94. The van der Waals surface area contributed by atoms with Crippen molar-refractivity contribution in [2.24, 2.45) is 0 Å². The summed E-state index contributed by atoms with van der Waals surface area (Å²) >= 11 is 0. The monoisotopic (exact) mass is 308 g/mol. The first-order valence-corrected chi connectivity index (χ1v) is 6.51. The molecule has 8 nitrogen and oxygen atoms in total. The summed E-state index contributed by atoms with van der Waals surface area (Å²) in [6, 6.07) is 5.75. The zero-order chi connectivity index (χ0) is 16.3. The third-order valence-electron chi connectivity index (χ3n) is 3.37. The predicted octanol–water partition coefficient (Wildman–Crippen LogP) is -0.718. The Kier molecular flexibility index (Phi) is 4.86. The van der Waals surface area contributed by atoms with Gasteiger partial charge in [0.15, 0.2) is 0 Å². The van der Waals surface area contributed by atoms with E-state index < -0.39 is 29.2 Å². The van der Waals surface area contributed by atoms with Gasteiger partial charge < -0.3 is 24.9 Å². The zero-order valence-corrected chi connectivity index (χ0v) is 11.4. The first-order chi connectivity index (χ1) is 10.4. The Balaban J connectivity index is 2.05. The van der Waals surface area contributed by atoms with Crippen molar-refractivity contribution < 1.29 is 29.8 Å². The Morgan fingerprint density at radius 2 is 2.14 bits per heavy atom. The zero-order valence-electron chi connectivity index (χ0n) is 11.4. The van der Waals surface area contributed by atoms with E-state index in [1.165, 1.54) is 18.2 Å². The molecule has 1 aliphatic rings. The average Bonchev–Trinajstić information content (AvgIpc) is 2.48. The van der Waals surface area contributed by atoms with Crippen LogP contribution in [0.2, 0.25) is 0 Å². The van der Waals surface area contributed by atoms with E-state index in [2.05, 4.69) is 0 Å². The van der Waals surface area contributed by atoms with Gasteiger partial charge in [-0.3, -0.25) is 10.1 Å². The van der Waals surface area contributed by atoms with Crippen LogP contribution in [0.25, 0.3) is 0 Å². The number of aliphatic hydroxyl groups excluding tert-OH is 2. The van der Waals surface area contributed by atoms with Crippen LogP contribution in [0.5, 0.6) is 0 Å². The van der Waals surface area contributed by atoms with E-state index in [4.69, 9.17) is 4.74 Å². The maximum atomic E-state index is 10.8. The molecule has 0 aliphatic heterocycles. The smallest absolute Gasteiger partial charge is 0.269 e. The largest absolute Gasteiger partial charge is 0.545 e. The topological polar surface area (TPSA) is 133 Å². The van der Waals surface area contributed by atoms with Gasteiger partial charge in [0.1, 0.15) is 12.2 Å². The third kappa shape index (κ3) is 3.67. The molecular formula is C14H14NO7-. The number of nitro benzene ring substituents is 1. The van der Waals surface area contributed by atoms with Gasteiger partial charge in [-0.1, -0.05) is 12.1 Å². The number of ether oxygens (including phenoxy) is 1. The summed E-state index contributed by atoms with van der Waals surface area (Å²) in [5.41, 5.74) is 0.253. The van der Waals surface area contributed by atoms with Gasteiger partial charge in [0.25, 0.3) is 5.69 Å². The number of aliphatic carboxylic acids is 1. The van der Waals surface area contributed by atoms with Gasteiger partial charge in [0, 0.05) is 18.6 Å². The van der Waals surface area contributed by atoms with Gasteiger partial charge in [0.2, 0.25) is 0 Å². The number of aliphatic hydroxyl groups is 2. The summed E-state index contributed by atoms with van der Waals surface area (Å²) < 4.78 is 5.40. The summed E-state index contributed by atoms with van der Waals surface area (Å²) in [5, 5.41) is 40.9. The van der Waals surface area contributed by atoms with Gasteiger partial charge in [-0.2, -0.15) is 0 Å². The molecular weight excluding hydrogens is 294 g/mol. The highest BCUT2D eigenvalue weighted by Gasteiger charge is 2.31. The second-order valence-electron chi connectivity index (χ2n) is 4.94. The van der Waals surface area contributed by atoms with E-state index in [-0.39, 0.29) is 24.3 Å². The lowest BCUT2D eigenvalue weighted by Crippen LogP contribution is -2.44. The van der Waals surface area contributed by atoms with Crippen LogP contribution in [0.15, 0.2) is 35.9 Å². The standard InChI is InChI=1S/C14H15NO7/c16-11-5-9(14(18)19)6-12(13(11)17)22-7-8-2-1-3-10(4-8)15(20)21/h1-5,11-13,16-17H,6-7H2,(H,18,19)/p-1/t11-,12-,13-/m1/s1. The molecule has 0 amide bonds. The number of benzene rings is 1. The molecule has 1 aromatic carbocycles. The number of carbonyl (C=O) groups is 1. The first-order valence-electron chi connectivity index (χ1n) is 6.51. The molecule has 8 heteroatoms. The van der Waals surface area contributed by atoms with Gasteiger partial charge in [-0.05, 0) is 17.2 Å². The number of carboxylic acids is 1. The number of rotatable bonds is 5. The average molecular weight is 308 g/mol. The van der Waals surface area contributed by atoms with E-state index >= 15 is 0 Å². The van der Waals surface area contributed by atoms with Crippen LogP contribution in [0.3, 0.4) is 0 Å². The van der Waals surface area contributed by atoms with Crippen LogP contribution < -0.4 is 5.11 Å². The van der Waals surface area contributed by atoms with E-state index in [1.54, 1.807) is 6.07 Å². The molecule has 3 atom stereocenters. The predicted molar refractivity (Wildman–Crippen MR) is 71.4 cm³/mol. The number of carboxylic acid groups (broad SMARTS) is 1. The molecule has 0 bridgehead atoms. The van der Waals surface area contributed by atoms with Crippen molar-refractivity contribution in [3.63, 3.8) is 0 Å². The highest BCUT2D eigenvalue weighted by atomic mass is 16.6. The lowest BCUT2D eigenvalue weighted by atomic mass is 9.92. The van der Waals surface area contributed by atoms with Gasteiger partial charge >= 0.3 is 0 Å². The number of non-ortho nitro benzene ring substituents is 1. The lowest BCUT2D eigenvalue weighted by Gasteiger charge is -2.31. The molecule has 0 saturated carbocycles. The minimum atomic E-state index is -1.44. The van der Waals surface area contributed by atoms with E-state index in [1.807, 2.05) is 0 Å². The Bertz CT molecular complexity index is 613. The summed E-state index contributed by atoms with van der Waals surface area (Å²) in [4.78, 5) is 21.0. The fourth-order valence-electron chi connectivity index (χ4n) is 2.20. The molecule has 0 heterocycles. The molecule has 0 radical (unpaired) electrons.